The Hall–Kier alpha value is -2.08. The fourth-order valence-corrected chi connectivity index (χ4v) is 2.48. The summed E-state index contributed by atoms with van der Waals surface area (Å²) >= 11 is 0. The number of likely N-dealkylation sites (tertiary alicyclic amines) is 1. The number of carboxylic acids is 1. The lowest BCUT2D eigenvalue weighted by Gasteiger charge is -2.31. The summed E-state index contributed by atoms with van der Waals surface area (Å²) < 4.78 is 5.27. The van der Waals surface area contributed by atoms with E-state index in [2.05, 4.69) is 5.32 Å². The van der Waals surface area contributed by atoms with Crippen LogP contribution in [0.1, 0.15) is 28.8 Å². The number of anilines is 1. The number of amides is 2. The number of methoxy groups -OCH3 is 1. The number of nitrogens with one attached hydrogen (secondary N) is 1. The Bertz CT molecular complexity index is 536. The number of urea groups is 1. The highest BCUT2D eigenvalue weighted by Crippen LogP contribution is 2.18. The molecule has 6 nitrogen and oxygen atoms in total. The highest BCUT2D eigenvalue weighted by atomic mass is 16.5. The summed E-state index contributed by atoms with van der Waals surface area (Å²) in [5.41, 5.74) is 1.48. The first-order valence-corrected chi connectivity index (χ1v) is 6.94. The fourth-order valence-electron chi connectivity index (χ4n) is 2.48. The number of aromatic carboxylic acids is 1. The van der Waals surface area contributed by atoms with Crippen molar-refractivity contribution in [3.05, 3.63) is 29.3 Å². The molecule has 0 aromatic heterocycles. The lowest BCUT2D eigenvalue weighted by atomic mass is 10.1. The molecule has 21 heavy (non-hydrogen) atoms. The predicted molar refractivity (Wildman–Crippen MR) is 78.8 cm³/mol. The summed E-state index contributed by atoms with van der Waals surface area (Å²) in [5, 5.41) is 11.8. The highest BCUT2D eigenvalue weighted by Gasteiger charge is 2.22. The Morgan fingerprint density at radius 1 is 1.33 bits per heavy atom. The van der Waals surface area contributed by atoms with Crippen LogP contribution >= 0.6 is 0 Å². The van der Waals surface area contributed by atoms with Crippen LogP contribution in [0, 0.1) is 6.92 Å². The van der Waals surface area contributed by atoms with Crippen molar-refractivity contribution in [2.75, 3.05) is 25.5 Å². The number of ether oxygens (including phenoxy) is 1. The maximum absolute atomic E-state index is 12.2. The molecular formula is C15H20N2O4. The number of piperidine rings is 1. The Morgan fingerprint density at radius 2 is 2.00 bits per heavy atom. The van der Waals surface area contributed by atoms with Crippen molar-refractivity contribution in [2.24, 2.45) is 0 Å². The van der Waals surface area contributed by atoms with Crippen molar-refractivity contribution in [1.29, 1.82) is 0 Å². The first-order chi connectivity index (χ1) is 10.0. The summed E-state index contributed by atoms with van der Waals surface area (Å²) in [6, 6.07) is 4.62. The Labute approximate surface area is 123 Å². The number of carbonyl (C=O) groups excluding carboxylic acids is 1. The molecule has 1 aliphatic rings. The normalized spacial score (nSPS) is 15.8. The Kier molecular flexibility index (Phi) is 4.80. The minimum absolute atomic E-state index is 0.160. The summed E-state index contributed by atoms with van der Waals surface area (Å²) in [6.45, 7) is 3.04. The van der Waals surface area contributed by atoms with Crippen LogP contribution in [0.5, 0.6) is 0 Å². The van der Waals surface area contributed by atoms with Gasteiger partial charge in [-0.15, -0.1) is 0 Å². The molecule has 0 spiro atoms. The van der Waals surface area contributed by atoms with Crippen LogP contribution in [-0.2, 0) is 4.74 Å². The maximum Gasteiger partial charge on any atom is 0.335 e. The number of hydrogen-bond acceptors (Lipinski definition) is 3. The lowest BCUT2D eigenvalue weighted by molar-refractivity contribution is 0.0521. The minimum Gasteiger partial charge on any atom is -0.478 e. The van der Waals surface area contributed by atoms with Gasteiger partial charge >= 0.3 is 12.0 Å². The first-order valence-electron chi connectivity index (χ1n) is 6.94. The molecule has 114 valence electrons. The van der Waals surface area contributed by atoms with E-state index < -0.39 is 5.97 Å². The monoisotopic (exact) mass is 292 g/mol. The van der Waals surface area contributed by atoms with E-state index in [4.69, 9.17) is 9.84 Å². The molecule has 0 bridgehead atoms. The van der Waals surface area contributed by atoms with Gasteiger partial charge in [0.1, 0.15) is 0 Å². The van der Waals surface area contributed by atoms with Crippen molar-refractivity contribution in [2.45, 2.75) is 25.9 Å². The van der Waals surface area contributed by atoms with Gasteiger partial charge in [0.15, 0.2) is 0 Å². The second kappa shape index (κ2) is 6.58. The number of carbonyl (C=O) groups is 2. The van der Waals surface area contributed by atoms with E-state index in [0.717, 1.165) is 12.8 Å². The van der Waals surface area contributed by atoms with Crippen molar-refractivity contribution >= 4 is 17.7 Å². The van der Waals surface area contributed by atoms with E-state index in [-0.39, 0.29) is 17.7 Å². The molecule has 0 saturated carbocycles. The van der Waals surface area contributed by atoms with Gasteiger partial charge in [0, 0.05) is 25.9 Å². The van der Waals surface area contributed by atoms with Crippen molar-refractivity contribution in [3.8, 4) is 0 Å². The van der Waals surface area contributed by atoms with Gasteiger partial charge in [-0.25, -0.2) is 9.59 Å². The molecule has 1 fully saturated rings. The number of nitrogens with zero attached hydrogens (tertiary/aromatic N) is 1. The zero-order valence-electron chi connectivity index (χ0n) is 12.3. The third-order valence-corrected chi connectivity index (χ3v) is 3.77. The lowest BCUT2D eigenvalue weighted by Crippen LogP contribution is -2.42. The Balaban J connectivity index is 1.97. The smallest absolute Gasteiger partial charge is 0.335 e. The van der Waals surface area contributed by atoms with Crippen molar-refractivity contribution in [3.63, 3.8) is 0 Å². The van der Waals surface area contributed by atoms with Crippen molar-refractivity contribution < 1.29 is 19.4 Å². The average molecular weight is 292 g/mol. The van der Waals surface area contributed by atoms with Crippen LogP contribution in [0.3, 0.4) is 0 Å². The molecule has 2 amide bonds. The Morgan fingerprint density at radius 3 is 2.52 bits per heavy atom. The molecule has 6 heteroatoms. The molecule has 1 aromatic carbocycles. The SMILES string of the molecule is COC1CCN(C(=O)Nc2ccc(C(=O)O)c(C)c2)CC1. The quantitative estimate of drug-likeness (QED) is 0.896. The van der Waals surface area contributed by atoms with Gasteiger partial charge in [-0.1, -0.05) is 0 Å². The van der Waals surface area contributed by atoms with Gasteiger partial charge in [0.25, 0.3) is 0 Å². The van der Waals surface area contributed by atoms with Gasteiger partial charge in [-0.2, -0.15) is 0 Å². The number of hydrogen-bond donors (Lipinski definition) is 2. The van der Waals surface area contributed by atoms with Crippen LogP contribution in [-0.4, -0.2) is 48.3 Å². The largest absolute Gasteiger partial charge is 0.478 e. The topological polar surface area (TPSA) is 78.9 Å². The van der Waals surface area contributed by atoms with E-state index in [0.29, 0.717) is 24.3 Å². The third-order valence-electron chi connectivity index (χ3n) is 3.77. The molecule has 0 radical (unpaired) electrons. The molecule has 1 saturated heterocycles. The summed E-state index contributed by atoms with van der Waals surface area (Å²) in [6.07, 6.45) is 1.90. The molecule has 1 heterocycles. The fraction of sp³-hybridized carbons (Fsp3) is 0.467. The zero-order chi connectivity index (χ0) is 15.4. The number of aryl methyl sites for hydroxylation is 1. The molecule has 2 N–H and O–H groups in total. The van der Waals surface area contributed by atoms with Gasteiger partial charge in [0.2, 0.25) is 0 Å². The summed E-state index contributed by atoms with van der Waals surface area (Å²) in [7, 11) is 1.69. The van der Waals surface area contributed by atoms with E-state index in [1.807, 2.05) is 0 Å². The number of carboxylic acid groups (broad SMARTS) is 1. The molecule has 2 rings (SSSR count). The van der Waals surface area contributed by atoms with Crippen LogP contribution in [0.15, 0.2) is 18.2 Å². The first kappa shape index (κ1) is 15.3. The van der Waals surface area contributed by atoms with E-state index in [1.54, 1.807) is 31.1 Å². The van der Waals surface area contributed by atoms with E-state index in [1.165, 1.54) is 6.07 Å². The zero-order valence-corrected chi connectivity index (χ0v) is 12.3. The van der Waals surface area contributed by atoms with Crippen LogP contribution < -0.4 is 5.32 Å². The minimum atomic E-state index is -0.966. The molecule has 1 aromatic rings. The second-order valence-electron chi connectivity index (χ2n) is 5.19. The van der Waals surface area contributed by atoms with Crippen LogP contribution in [0.4, 0.5) is 10.5 Å². The third kappa shape index (κ3) is 3.72. The van der Waals surface area contributed by atoms with E-state index in [9.17, 15) is 9.59 Å². The predicted octanol–water partition coefficient (Wildman–Crippen LogP) is 2.34. The van der Waals surface area contributed by atoms with Crippen LogP contribution in [0.25, 0.3) is 0 Å². The molecule has 0 atom stereocenters. The number of rotatable bonds is 3. The maximum atomic E-state index is 12.2. The van der Waals surface area contributed by atoms with Crippen LogP contribution in [0.2, 0.25) is 0 Å². The standard InChI is InChI=1S/C15H20N2O4/c1-10-9-11(3-4-13(10)14(18)19)16-15(20)17-7-5-12(21-2)6-8-17/h3-4,9,12H,5-8H2,1-2H3,(H,16,20)(H,18,19). The number of benzene rings is 1. The molecule has 0 unspecified atom stereocenters. The summed E-state index contributed by atoms with van der Waals surface area (Å²) in [5.74, 6) is -0.966. The summed E-state index contributed by atoms with van der Waals surface area (Å²) in [4.78, 5) is 24.9. The highest BCUT2D eigenvalue weighted by molar-refractivity contribution is 5.92. The van der Waals surface area contributed by atoms with Crippen molar-refractivity contribution in [1.82, 2.24) is 4.90 Å². The molecular weight excluding hydrogens is 272 g/mol. The average Bonchev–Trinajstić information content (AvgIpc) is 2.47. The molecule has 1 aliphatic heterocycles. The van der Waals surface area contributed by atoms with Gasteiger partial charge in [0.05, 0.1) is 11.7 Å². The molecule has 0 aliphatic carbocycles. The van der Waals surface area contributed by atoms with E-state index >= 15 is 0 Å². The second-order valence-corrected chi connectivity index (χ2v) is 5.19. The van der Waals surface area contributed by atoms with Gasteiger partial charge < -0.3 is 20.1 Å². The van der Waals surface area contributed by atoms with Gasteiger partial charge in [-0.05, 0) is 43.5 Å². The van der Waals surface area contributed by atoms with Gasteiger partial charge in [-0.3, -0.25) is 0 Å².